The lowest BCUT2D eigenvalue weighted by Crippen LogP contribution is -2.46. The average Bonchev–Trinajstić information content (AvgIpc) is 3.28. The van der Waals surface area contributed by atoms with Gasteiger partial charge in [0.05, 0.1) is 12.6 Å². The van der Waals surface area contributed by atoms with Gasteiger partial charge in [-0.05, 0) is 32.1 Å². The van der Waals surface area contributed by atoms with Crippen molar-refractivity contribution in [2.45, 2.75) is 45.1 Å². The van der Waals surface area contributed by atoms with Gasteiger partial charge in [-0.1, -0.05) is 6.92 Å². The molecule has 0 radical (unpaired) electrons. The summed E-state index contributed by atoms with van der Waals surface area (Å²) >= 11 is 0. The Morgan fingerprint density at radius 2 is 1.84 bits per heavy atom. The predicted molar refractivity (Wildman–Crippen MR) is 71.3 cm³/mol. The van der Waals surface area contributed by atoms with E-state index in [9.17, 15) is 9.59 Å². The van der Waals surface area contributed by atoms with Crippen LogP contribution in [0.25, 0.3) is 0 Å². The van der Waals surface area contributed by atoms with Crippen LogP contribution in [0, 0.1) is 11.8 Å². The van der Waals surface area contributed by atoms with Crippen LogP contribution in [-0.2, 0) is 9.59 Å². The number of nitrogens with zero attached hydrogens (tertiary/aromatic N) is 1. The largest absolute Gasteiger partial charge is 0.394 e. The van der Waals surface area contributed by atoms with Crippen LogP contribution in [0.5, 0.6) is 0 Å². The van der Waals surface area contributed by atoms with Gasteiger partial charge in [0.15, 0.2) is 0 Å². The smallest absolute Gasteiger partial charge is 0.225 e. The molecule has 0 aromatic rings. The molecule has 2 fully saturated rings. The van der Waals surface area contributed by atoms with E-state index in [4.69, 9.17) is 5.11 Å². The second kappa shape index (κ2) is 6.37. The van der Waals surface area contributed by atoms with Crippen LogP contribution in [0.3, 0.4) is 0 Å². The topological polar surface area (TPSA) is 69.6 Å². The lowest BCUT2D eigenvalue weighted by Gasteiger charge is -2.32. The van der Waals surface area contributed by atoms with Gasteiger partial charge >= 0.3 is 0 Å². The molecule has 108 valence electrons. The molecule has 1 heterocycles. The average molecular weight is 268 g/mol. The summed E-state index contributed by atoms with van der Waals surface area (Å²) in [6.45, 7) is 3.33. The Labute approximate surface area is 114 Å². The van der Waals surface area contributed by atoms with Crippen LogP contribution in [-0.4, -0.2) is 47.6 Å². The van der Waals surface area contributed by atoms with Gasteiger partial charge in [0.1, 0.15) is 0 Å². The molecule has 0 spiro atoms. The van der Waals surface area contributed by atoms with Gasteiger partial charge in [-0.2, -0.15) is 0 Å². The molecule has 1 aliphatic heterocycles. The summed E-state index contributed by atoms with van der Waals surface area (Å²) < 4.78 is 0. The molecule has 1 saturated carbocycles. The quantitative estimate of drug-likeness (QED) is 0.764. The number of rotatable bonds is 5. The monoisotopic (exact) mass is 268 g/mol. The van der Waals surface area contributed by atoms with E-state index in [1.807, 2.05) is 11.8 Å². The normalized spacial score (nSPS) is 22.1. The molecule has 5 heteroatoms. The van der Waals surface area contributed by atoms with Crippen LogP contribution in [0.2, 0.25) is 0 Å². The van der Waals surface area contributed by atoms with Gasteiger partial charge in [0.2, 0.25) is 11.8 Å². The molecule has 0 bridgehead atoms. The number of carbonyl (C=O) groups excluding carboxylic acids is 2. The van der Waals surface area contributed by atoms with Crippen molar-refractivity contribution < 1.29 is 14.7 Å². The van der Waals surface area contributed by atoms with Crippen LogP contribution < -0.4 is 5.32 Å². The molecule has 1 atom stereocenters. The maximum atomic E-state index is 12.0. The van der Waals surface area contributed by atoms with E-state index in [0.717, 1.165) is 32.1 Å². The van der Waals surface area contributed by atoms with Crippen molar-refractivity contribution in [3.63, 3.8) is 0 Å². The minimum absolute atomic E-state index is 0.0103. The Kier molecular flexibility index (Phi) is 4.80. The SMILES string of the molecule is CCC(CO)NC(=O)C1CCN(C(=O)C2CC2)CC1. The van der Waals surface area contributed by atoms with Gasteiger partial charge in [-0.15, -0.1) is 0 Å². The molecule has 0 aromatic heterocycles. The molecule has 2 aliphatic rings. The molecular weight excluding hydrogens is 244 g/mol. The molecule has 0 aromatic carbocycles. The third-order valence-electron chi connectivity index (χ3n) is 4.16. The highest BCUT2D eigenvalue weighted by Crippen LogP contribution is 2.32. The van der Waals surface area contributed by atoms with E-state index in [2.05, 4.69) is 5.32 Å². The molecule has 1 saturated heterocycles. The third-order valence-corrected chi connectivity index (χ3v) is 4.16. The highest BCUT2D eigenvalue weighted by molar-refractivity contribution is 5.82. The van der Waals surface area contributed by atoms with E-state index in [-0.39, 0.29) is 36.3 Å². The summed E-state index contributed by atoms with van der Waals surface area (Å²) in [6, 6.07) is -0.140. The number of piperidine rings is 1. The number of hydrogen-bond donors (Lipinski definition) is 2. The van der Waals surface area contributed by atoms with Gasteiger partial charge in [0.25, 0.3) is 0 Å². The highest BCUT2D eigenvalue weighted by Gasteiger charge is 2.36. The molecule has 2 amide bonds. The first-order chi connectivity index (χ1) is 9.15. The minimum Gasteiger partial charge on any atom is -0.394 e. The predicted octanol–water partition coefficient (Wildman–Crippen LogP) is 0.522. The Morgan fingerprint density at radius 3 is 2.32 bits per heavy atom. The fourth-order valence-corrected chi connectivity index (χ4v) is 2.55. The van der Waals surface area contributed by atoms with Crippen molar-refractivity contribution in [3.05, 3.63) is 0 Å². The molecule has 1 aliphatic carbocycles. The second-order valence-corrected chi connectivity index (χ2v) is 5.67. The van der Waals surface area contributed by atoms with Crippen LogP contribution in [0.1, 0.15) is 39.0 Å². The highest BCUT2D eigenvalue weighted by atomic mass is 16.3. The lowest BCUT2D eigenvalue weighted by molar-refractivity contribution is -0.136. The van der Waals surface area contributed by atoms with Crippen LogP contribution >= 0.6 is 0 Å². The first-order valence-electron chi connectivity index (χ1n) is 7.35. The molecular formula is C14H24N2O3. The maximum absolute atomic E-state index is 12.0. The van der Waals surface area contributed by atoms with Crippen molar-refractivity contribution in [2.75, 3.05) is 19.7 Å². The third kappa shape index (κ3) is 3.69. The van der Waals surface area contributed by atoms with Crippen LogP contribution in [0.4, 0.5) is 0 Å². The number of hydrogen-bond acceptors (Lipinski definition) is 3. The Balaban J connectivity index is 1.75. The van der Waals surface area contributed by atoms with Crippen molar-refractivity contribution in [1.82, 2.24) is 10.2 Å². The number of amides is 2. The number of carbonyl (C=O) groups is 2. The summed E-state index contributed by atoms with van der Waals surface area (Å²) in [6.07, 6.45) is 4.29. The summed E-state index contributed by atoms with van der Waals surface area (Å²) in [4.78, 5) is 25.8. The van der Waals surface area contributed by atoms with Crippen molar-refractivity contribution in [3.8, 4) is 0 Å². The number of aliphatic hydroxyl groups excluding tert-OH is 1. The first-order valence-corrected chi connectivity index (χ1v) is 7.35. The maximum Gasteiger partial charge on any atom is 0.225 e. The van der Waals surface area contributed by atoms with Gasteiger partial charge in [-0.3, -0.25) is 9.59 Å². The summed E-state index contributed by atoms with van der Waals surface area (Å²) in [5.74, 6) is 0.563. The number of nitrogens with one attached hydrogen (secondary N) is 1. The molecule has 5 nitrogen and oxygen atoms in total. The Hall–Kier alpha value is -1.10. The Morgan fingerprint density at radius 1 is 1.21 bits per heavy atom. The zero-order valence-corrected chi connectivity index (χ0v) is 11.6. The molecule has 1 unspecified atom stereocenters. The summed E-state index contributed by atoms with van der Waals surface area (Å²) in [7, 11) is 0. The minimum atomic E-state index is -0.140. The van der Waals surface area contributed by atoms with Crippen molar-refractivity contribution in [2.24, 2.45) is 11.8 Å². The van der Waals surface area contributed by atoms with Crippen molar-refractivity contribution >= 4 is 11.8 Å². The van der Waals surface area contributed by atoms with Gasteiger partial charge in [-0.25, -0.2) is 0 Å². The fourth-order valence-electron chi connectivity index (χ4n) is 2.55. The fraction of sp³-hybridized carbons (Fsp3) is 0.857. The Bertz CT molecular complexity index is 330. The van der Waals surface area contributed by atoms with Crippen LogP contribution in [0.15, 0.2) is 0 Å². The molecule has 2 rings (SSSR count). The number of likely N-dealkylation sites (tertiary alicyclic amines) is 1. The van der Waals surface area contributed by atoms with E-state index < -0.39 is 0 Å². The van der Waals surface area contributed by atoms with E-state index >= 15 is 0 Å². The van der Waals surface area contributed by atoms with Gasteiger partial charge < -0.3 is 15.3 Å². The standard InChI is InChI=1S/C14H24N2O3/c1-2-12(9-17)15-13(18)10-5-7-16(8-6-10)14(19)11-3-4-11/h10-12,17H,2-9H2,1H3,(H,15,18). The molecule has 19 heavy (non-hydrogen) atoms. The zero-order chi connectivity index (χ0) is 13.8. The van der Waals surface area contributed by atoms with E-state index in [1.54, 1.807) is 0 Å². The summed E-state index contributed by atoms with van der Waals surface area (Å²) in [5, 5.41) is 12.0. The second-order valence-electron chi connectivity index (χ2n) is 5.67. The van der Waals surface area contributed by atoms with E-state index in [1.165, 1.54) is 0 Å². The number of aliphatic hydroxyl groups is 1. The lowest BCUT2D eigenvalue weighted by atomic mass is 9.95. The molecule has 2 N–H and O–H groups in total. The van der Waals surface area contributed by atoms with E-state index in [0.29, 0.717) is 13.1 Å². The first kappa shape index (κ1) is 14.3. The van der Waals surface area contributed by atoms with Crippen molar-refractivity contribution in [1.29, 1.82) is 0 Å². The summed E-state index contributed by atoms with van der Waals surface area (Å²) in [5.41, 5.74) is 0. The zero-order valence-electron chi connectivity index (χ0n) is 11.6. The van der Waals surface area contributed by atoms with Gasteiger partial charge in [0, 0.05) is 24.9 Å².